The van der Waals surface area contributed by atoms with Crippen molar-refractivity contribution in [3.63, 3.8) is 0 Å². The van der Waals surface area contributed by atoms with Gasteiger partial charge in [-0.1, -0.05) is 26.8 Å². The van der Waals surface area contributed by atoms with Crippen molar-refractivity contribution in [2.45, 2.75) is 33.1 Å². The zero-order chi connectivity index (χ0) is 17.9. The molecule has 2 aromatic rings. The van der Waals surface area contributed by atoms with Crippen LogP contribution in [0.5, 0.6) is 5.75 Å². The number of rotatable bonds is 4. The zero-order valence-corrected chi connectivity index (χ0v) is 15.3. The molecular formula is C18H22N2O3S. The van der Waals surface area contributed by atoms with Crippen molar-refractivity contribution in [3.8, 4) is 5.75 Å². The normalized spacial score (nSPS) is 11.0. The number of carbonyl (C=O) groups is 2. The fourth-order valence-electron chi connectivity index (χ4n) is 2.16. The molecule has 0 aliphatic rings. The van der Waals surface area contributed by atoms with E-state index in [9.17, 15) is 9.59 Å². The van der Waals surface area contributed by atoms with E-state index >= 15 is 0 Å². The number of benzene rings is 1. The van der Waals surface area contributed by atoms with Gasteiger partial charge in [-0.3, -0.25) is 9.59 Å². The molecule has 0 spiro atoms. The topological polar surface area (TPSA) is 67.4 Å². The summed E-state index contributed by atoms with van der Waals surface area (Å²) in [5.41, 5.74) is 1.70. The van der Waals surface area contributed by atoms with Crippen LogP contribution < -0.4 is 15.4 Å². The number of nitrogens with one attached hydrogen (secondary N) is 2. The molecule has 1 aromatic heterocycles. The smallest absolute Gasteiger partial charge is 0.265 e. The third-order valence-corrected chi connectivity index (χ3v) is 4.44. The number of amides is 2. The number of hydrogen-bond donors (Lipinski definition) is 2. The van der Waals surface area contributed by atoms with E-state index < -0.39 is 0 Å². The van der Waals surface area contributed by atoms with Crippen LogP contribution in [0.4, 0.5) is 10.7 Å². The van der Waals surface area contributed by atoms with Gasteiger partial charge in [0.15, 0.2) is 0 Å². The van der Waals surface area contributed by atoms with Gasteiger partial charge in [0.2, 0.25) is 5.91 Å². The highest BCUT2D eigenvalue weighted by atomic mass is 32.1. The highest BCUT2D eigenvalue weighted by Crippen LogP contribution is 2.32. The Morgan fingerprint density at radius 3 is 2.38 bits per heavy atom. The lowest BCUT2D eigenvalue weighted by atomic mass is 9.87. The SMILES string of the molecule is COc1ccc(C(C)(C)C)cc1NC(=O)c1ccc(NC(C)=O)s1. The maximum atomic E-state index is 12.5. The average Bonchev–Trinajstić information content (AvgIpc) is 2.94. The first-order valence-electron chi connectivity index (χ1n) is 7.58. The molecule has 2 N–H and O–H groups in total. The summed E-state index contributed by atoms with van der Waals surface area (Å²) in [4.78, 5) is 24.1. The van der Waals surface area contributed by atoms with Crippen molar-refractivity contribution in [1.29, 1.82) is 0 Å². The summed E-state index contributed by atoms with van der Waals surface area (Å²) in [6, 6.07) is 9.18. The highest BCUT2D eigenvalue weighted by Gasteiger charge is 2.18. The molecule has 6 heteroatoms. The fourth-order valence-corrected chi connectivity index (χ4v) is 3.00. The standard InChI is InChI=1S/C18H22N2O3S/c1-11(21)19-16-9-8-15(24-16)17(22)20-13-10-12(18(2,3)4)6-7-14(13)23-5/h6-10H,1-5H3,(H,19,21)(H,20,22). The van der Waals surface area contributed by atoms with Crippen LogP contribution in [-0.2, 0) is 10.2 Å². The Kier molecular flexibility index (Phi) is 5.29. The highest BCUT2D eigenvalue weighted by molar-refractivity contribution is 7.18. The summed E-state index contributed by atoms with van der Waals surface area (Å²) in [5.74, 6) is 0.208. The molecule has 0 aliphatic carbocycles. The van der Waals surface area contributed by atoms with Gasteiger partial charge >= 0.3 is 0 Å². The van der Waals surface area contributed by atoms with E-state index in [-0.39, 0.29) is 17.2 Å². The van der Waals surface area contributed by atoms with Crippen LogP contribution in [0.15, 0.2) is 30.3 Å². The number of thiophene rings is 1. The van der Waals surface area contributed by atoms with Gasteiger partial charge in [0.05, 0.1) is 22.7 Å². The number of anilines is 2. The molecule has 24 heavy (non-hydrogen) atoms. The third-order valence-electron chi connectivity index (χ3n) is 3.44. The molecule has 0 saturated heterocycles. The lowest BCUT2D eigenvalue weighted by Gasteiger charge is -2.21. The Morgan fingerprint density at radius 1 is 1.08 bits per heavy atom. The minimum atomic E-state index is -0.235. The minimum absolute atomic E-state index is 0.0345. The van der Waals surface area contributed by atoms with Crippen molar-refractivity contribution in [2.24, 2.45) is 0 Å². The second kappa shape index (κ2) is 7.05. The predicted molar refractivity (Wildman–Crippen MR) is 98.3 cm³/mol. The van der Waals surface area contributed by atoms with Gasteiger partial charge in [-0.15, -0.1) is 11.3 Å². The van der Waals surface area contributed by atoms with Crippen LogP contribution >= 0.6 is 11.3 Å². The number of carbonyl (C=O) groups excluding carboxylic acids is 2. The number of hydrogen-bond acceptors (Lipinski definition) is 4. The van der Waals surface area contributed by atoms with Gasteiger partial charge in [0, 0.05) is 6.92 Å². The van der Waals surface area contributed by atoms with Gasteiger partial charge in [0.25, 0.3) is 5.91 Å². The summed E-state index contributed by atoms with van der Waals surface area (Å²) in [7, 11) is 1.57. The van der Waals surface area contributed by atoms with E-state index in [0.717, 1.165) is 5.56 Å². The van der Waals surface area contributed by atoms with E-state index in [2.05, 4.69) is 31.4 Å². The molecule has 0 bridgehead atoms. The molecule has 0 unspecified atom stereocenters. The quantitative estimate of drug-likeness (QED) is 0.869. The van der Waals surface area contributed by atoms with E-state index in [4.69, 9.17) is 4.74 Å². The Hall–Kier alpha value is -2.34. The molecule has 1 heterocycles. The Morgan fingerprint density at radius 2 is 1.79 bits per heavy atom. The first kappa shape index (κ1) is 18.0. The van der Waals surface area contributed by atoms with Crippen LogP contribution in [0.1, 0.15) is 42.9 Å². The second-order valence-corrected chi connectivity index (χ2v) is 7.55. The molecule has 0 atom stereocenters. The predicted octanol–water partition coefficient (Wildman–Crippen LogP) is 4.26. The first-order valence-corrected chi connectivity index (χ1v) is 8.39. The Labute approximate surface area is 146 Å². The van der Waals surface area contributed by atoms with Gasteiger partial charge in [-0.2, -0.15) is 0 Å². The number of ether oxygens (including phenoxy) is 1. The Balaban J connectivity index is 2.24. The van der Waals surface area contributed by atoms with Crippen molar-refractivity contribution >= 4 is 33.8 Å². The molecule has 0 aliphatic heterocycles. The molecule has 0 radical (unpaired) electrons. The second-order valence-electron chi connectivity index (χ2n) is 6.46. The zero-order valence-electron chi connectivity index (χ0n) is 14.5. The molecular weight excluding hydrogens is 324 g/mol. The maximum absolute atomic E-state index is 12.5. The summed E-state index contributed by atoms with van der Waals surface area (Å²) >= 11 is 1.23. The van der Waals surface area contributed by atoms with E-state index in [1.807, 2.05) is 18.2 Å². The molecule has 128 valence electrons. The number of methoxy groups -OCH3 is 1. The van der Waals surface area contributed by atoms with Crippen LogP contribution in [0.25, 0.3) is 0 Å². The van der Waals surface area contributed by atoms with E-state index in [1.165, 1.54) is 18.3 Å². The molecule has 2 amide bonds. The van der Waals surface area contributed by atoms with Gasteiger partial charge in [-0.05, 0) is 35.2 Å². The molecule has 2 rings (SSSR count). The summed E-state index contributed by atoms with van der Waals surface area (Å²) in [6.07, 6.45) is 0. The average molecular weight is 346 g/mol. The minimum Gasteiger partial charge on any atom is -0.495 e. The largest absolute Gasteiger partial charge is 0.495 e. The molecule has 0 fully saturated rings. The lowest BCUT2D eigenvalue weighted by Crippen LogP contribution is -2.14. The molecule has 1 aromatic carbocycles. The van der Waals surface area contributed by atoms with Crippen molar-refractivity contribution in [2.75, 3.05) is 17.7 Å². The Bertz CT molecular complexity index is 760. The van der Waals surface area contributed by atoms with Gasteiger partial charge in [0.1, 0.15) is 5.75 Å². The van der Waals surface area contributed by atoms with Crippen LogP contribution in [-0.4, -0.2) is 18.9 Å². The van der Waals surface area contributed by atoms with Crippen LogP contribution in [0.2, 0.25) is 0 Å². The van der Waals surface area contributed by atoms with Gasteiger partial charge < -0.3 is 15.4 Å². The monoisotopic (exact) mass is 346 g/mol. The first-order chi connectivity index (χ1) is 11.2. The summed E-state index contributed by atoms with van der Waals surface area (Å²) in [5, 5.41) is 6.20. The molecule has 5 nitrogen and oxygen atoms in total. The van der Waals surface area contributed by atoms with E-state index in [1.54, 1.807) is 19.2 Å². The molecule has 0 saturated carbocycles. The van der Waals surface area contributed by atoms with Crippen molar-refractivity contribution in [1.82, 2.24) is 0 Å². The maximum Gasteiger partial charge on any atom is 0.265 e. The van der Waals surface area contributed by atoms with Crippen LogP contribution in [0, 0.1) is 0 Å². The summed E-state index contributed by atoms with van der Waals surface area (Å²) < 4.78 is 5.34. The van der Waals surface area contributed by atoms with Crippen molar-refractivity contribution < 1.29 is 14.3 Å². The summed E-state index contributed by atoms with van der Waals surface area (Å²) in [6.45, 7) is 7.76. The lowest BCUT2D eigenvalue weighted by molar-refractivity contribution is -0.114. The van der Waals surface area contributed by atoms with Gasteiger partial charge in [-0.25, -0.2) is 0 Å². The van der Waals surface area contributed by atoms with Crippen LogP contribution in [0.3, 0.4) is 0 Å². The third kappa shape index (κ3) is 4.35. The van der Waals surface area contributed by atoms with Crippen molar-refractivity contribution in [3.05, 3.63) is 40.8 Å². The van der Waals surface area contributed by atoms with E-state index in [0.29, 0.717) is 21.3 Å². The fraction of sp³-hybridized carbons (Fsp3) is 0.333.